The molecule has 0 aromatic carbocycles. The molecule has 0 aliphatic rings. The second-order valence-corrected chi connectivity index (χ2v) is 3.48. The van der Waals surface area contributed by atoms with E-state index in [1.807, 2.05) is 0 Å². The summed E-state index contributed by atoms with van der Waals surface area (Å²) in [4.78, 5) is 0. The van der Waals surface area contributed by atoms with Gasteiger partial charge in [-0.2, -0.15) is 0 Å². The number of nitrogens with two attached hydrogens (primary N) is 1. The Bertz CT molecular complexity index is 89.7. The molecule has 38 valence electrons. The standard InChI is InChI=1S/CH4BrNO2S/c2-1(3)6(4)5/h1,6H,3H2. The SMILES string of the molecule is NC(Br)[SH](=O)=O. The normalized spacial score (nSPS) is 15.2. The van der Waals surface area contributed by atoms with Gasteiger partial charge in [0.25, 0.3) is 0 Å². The highest BCUT2D eigenvalue weighted by Crippen LogP contribution is 1.85. The zero-order chi connectivity index (χ0) is 5.15. The van der Waals surface area contributed by atoms with Crippen LogP contribution in [0.2, 0.25) is 0 Å². The lowest BCUT2D eigenvalue weighted by atomic mass is 11.5. The molecule has 2 N–H and O–H groups in total. The Morgan fingerprint density at radius 1 is 1.67 bits per heavy atom. The molecule has 3 nitrogen and oxygen atoms in total. The topological polar surface area (TPSA) is 60.2 Å². The summed E-state index contributed by atoms with van der Waals surface area (Å²) in [7, 11) is -2.47. The van der Waals surface area contributed by atoms with Crippen molar-refractivity contribution in [2.75, 3.05) is 0 Å². The first-order valence-corrected chi connectivity index (χ1v) is 3.34. The molecule has 0 fully saturated rings. The van der Waals surface area contributed by atoms with Gasteiger partial charge in [0.2, 0.25) is 0 Å². The van der Waals surface area contributed by atoms with Crippen molar-refractivity contribution < 1.29 is 8.42 Å². The van der Waals surface area contributed by atoms with Gasteiger partial charge >= 0.3 is 0 Å². The average molecular weight is 174 g/mol. The minimum absolute atomic E-state index is 0.882. The maximum atomic E-state index is 9.56. The lowest BCUT2D eigenvalue weighted by molar-refractivity contribution is 0.613. The van der Waals surface area contributed by atoms with Crippen molar-refractivity contribution in [3.63, 3.8) is 0 Å². The Hall–Kier alpha value is 0.390. The first kappa shape index (κ1) is 6.39. The highest BCUT2D eigenvalue weighted by Gasteiger charge is 1.91. The summed E-state index contributed by atoms with van der Waals surface area (Å²) in [6.07, 6.45) is 0. The fraction of sp³-hybridized carbons (Fsp3) is 1.00. The molecule has 1 atom stereocenters. The number of halogens is 1. The fourth-order valence-electron chi connectivity index (χ4n) is 0. The Kier molecular flexibility index (Phi) is 2.71. The molecule has 0 spiro atoms. The minimum Gasteiger partial charge on any atom is -0.306 e. The number of alkyl halides is 1. The summed E-state index contributed by atoms with van der Waals surface area (Å²) in [5.74, 6) is 0. The predicted molar refractivity (Wildman–Crippen MR) is 27.2 cm³/mol. The smallest absolute Gasteiger partial charge is 0.166 e. The monoisotopic (exact) mass is 173 g/mol. The van der Waals surface area contributed by atoms with Gasteiger partial charge in [-0.25, -0.2) is 8.42 Å². The van der Waals surface area contributed by atoms with E-state index in [0.29, 0.717) is 0 Å². The summed E-state index contributed by atoms with van der Waals surface area (Å²) in [5.41, 5.74) is 4.76. The van der Waals surface area contributed by atoms with Crippen LogP contribution in [0, 0.1) is 0 Å². The zero-order valence-electron chi connectivity index (χ0n) is 2.80. The summed E-state index contributed by atoms with van der Waals surface area (Å²) in [6.45, 7) is 0. The molecule has 0 bridgehead atoms. The van der Waals surface area contributed by atoms with Crippen molar-refractivity contribution in [3.05, 3.63) is 0 Å². The largest absolute Gasteiger partial charge is 0.306 e. The van der Waals surface area contributed by atoms with Gasteiger partial charge in [-0.15, -0.1) is 0 Å². The molecule has 1 unspecified atom stereocenters. The van der Waals surface area contributed by atoms with Crippen LogP contribution in [0.1, 0.15) is 0 Å². The van der Waals surface area contributed by atoms with Crippen molar-refractivity contribution in [1.82, 2.24) is 0 Å². The third kappa shape index (κ3) is 2.62. The van der Waals surface area contributed by atoms with E-state index in [0.717, 1.165) is 0 Å². The highest BCUT2D eigenvalue weighted by molar-refractivity contribution is 9.11. The predicted octanol–water partition coefficient (Wildman–Crippen LogP) is -0.765. The van der Waals surface area contributed by atoms with Crippen molar-refractivity contribution >= 4 is 26.6 Å². The van der Waals surface area contributed by atoms with Crippen molar-refractivity contribution in [1.29, 1.82) is 0 Å². The van der Waals surface area contributed by atoms with E-state index in [4.69, 9.17) is 5.73 Å². The molecule has 0 aromatic rings. The van der Waals surface area contributed by atoms with Crippen LogP contribution < -0.4 is 5.73 Å². The van der Waals surface area contributed by atoms with E-state index in [1.165, 1.54) is 0 Å². The second-order valence-electron chi connectivity index (χ2n) is 0.658. The van der Waals surface area contributed by atoms with Gasteiger partial charge in [0.1, 0.15) is 0 Å². The van der Waals surface area contributed by atoms with E-state index in [1.54, 1.807) is 0 Å². The molecular weight excluding hydrogens is 170 g/mol. The summed E-state index contributed by atoms with van der Waals surface area (Å²) in [5, 5.41) is 0. The highest BCUT2D eigenvalue weighted by atomic mass is 79.9. The molecule has 0 aliphatic heterocycles. The molecular formula is CH4BrNO2S. The lowest BCUT2D eigenvalue weighted by Gasteiger charge is -1.81. The second kappa shape index (κ2) is 2.54. The molecule has 0 saturated heterocycles. The number of rotatable bonds is 1. The van der Waals surface area contributed by atoms with Crippen LogP contribution in [0.4, 0.5) is 0 Å². The van der Waals surface area contributed by atoms with Crippen molar-refractivity contribution in [2.24, 2.45) is 5.73 Å². The fourth-order valence-corrected chi connectivity index (χ4v) is 0. The molecule has 6 heavy (non-hydrogen) atoms. The van der Waals surface area contributed by atoms with Gasteiger partial charge < -0.3 is 5.73 Å². The Labute approximate surface area is 45.6 Å². The van der Waals surface area contributed by atoms with Crippen molar-refractivity contribution in [2.45, 2.75) is 4.28 Å². The van der Waals surface area contributed by atoms with Crippen molar-refractivity contribution in [3.8, 4) is 0 Å². The van der Waals surface area contributed by atoms with Crippen LogP contribution in [-0.4, -0.2) is 12.7 Å². The Morgan fingerprint density at radius 3 is 1.83 bits per heavy atom. The van der Waals surface area contributed by atoms with Crippen LogP contribution in [-0.2, 0) is 10.7 Å². The molecule has 0 amide bonds. The first-order valence-electron chi connectivity index (χ1n) is 1.17. The van der Waals surface area contributed by atoms with Crippen LogP contribution in [0.15, 0.2) is 0 Å². The van der Waals surface area contributed by atoms with Crippen LogP contribution in [0.5, 0.6) is 0 Å². The van der Waals surface area contributed by atoms with Gasteiger partial charge in [0.05, 0.1) is 0 Å². The van der Waals surface area contributed by atoms with Crippen LogP contribution in [0.3, 0.4) is 0 Å². The minimum atomic E-state index is -2.47. The quantitative estimate of drug-likeness (QED) is 0.312. The van der Waals surface area contributed by atoms with E-state index < -0.39 is 15.0 Å². The molecule has 0 radical (unpaired) electrons. The Balaban J connectivity index is 3.57. The van der Waals surface area contributed by atoms with E-state index in [2.05, 4.69) is 15.9 Å². The number of hydrogen-bond donors (Lipinski definition) is 2. The molecule has 5 heteroatoms. The third-order valence-corrected chi connectivity index (χ3v) is 1.61. The van der Waals surface area contributed by atoms with Gasteiger partial charge in [-0.05, 0) is 0 Å². The van der Waals surface area contributed by atoms with Gasteiger partial charge in [-0.3, -0.25) is 0 Å². The summed E-state index contributed by atoms with van der Waals surface area (Å²) >= 11 is 2.62. The molecule has 0 aromatic heterocycles. The Morgan fingerprint density at radius 2 is 1.83 bits per heavy atom. The molecule has 0 rings (SSSR count). The summed E-state index contributed by atoms with van der Waals surface area (Å²) < 4.78 is 18.2. The van der Waals surface area contributed by atoms with E-state index in [-0.39, 0.29) is 0 Å². The van der Waals surface area contributed by atoms with Gasteiger partial charge in [0.15, 0.2) is 15.0 Å². The van der Waals surface area contributed by atoms with Crippen LogP contribution >= 0.6 is 15.9 Å². The van der Waals surface area contributed by atoms with Gasteiger partial charge in [-0.1, -0.05) is 15.9 Å². The molecule has 0 saturated carbocycles. The maximum Gasteiger partial charge on any atom is 0.166 e. The summed E-state index contributed by atoms with van der Waals surface area (Å²) in [6, 6.07) is 0. The third-order valence-electron chi connectivity index (χ3n) is 0.201. The maximum absolute atomic E-state index is 9.56. The van der Waals surface area contributed by atoms with E-state index >= 15 is 0 Å². The molecule has 0 aliphatic carbocycles. The number of thiol groups is 1. The first-order chi connectivity index (χ1) is 2.64. The average Bonchev–Trinajstić information content (AvgIpc) is 1.36. The van der Waals surface area contributed by atoms with Crippen LogP contribution in [0.25, 0.3) is 0 Å². The zero-order valence-corrected chi connectivity index (χ0v) is 5.28. The van der Waals surface area contributed by atoms with Gasteiger partial charge in [0, 0.05) is 0 Å². The molecule has 0 heterocycles. The lowest BCUT2D eigenvalue weighted by Crippen LogP contribution is -2.11. The number of hydrogen-bond acceptors (Lipinski definition) is 3. The van der Waals surface area contributed by atoms with E-state index in [9.17, 15) is 8.42 Å².